The van der Waals surface area contributed by atoms with Crippen molar-refractivity contribution in [3.8, 4) is 0 Å². The first-order chi connectivity index (χ1) is 8.13. The van der Waals surface area contributed by atoms with Gasteiger partial charge in [-0.1, -0.05) is 0 Å². The second kappa shape index (κ2) is 8.03. The Kier molecular flexibility index (Phi) is 7.04. The number of nitrogens with zero attached hydrogens (tertiary/aromatic N) is 2. The summed E-state index contributed by atoms with van der Waals surface area (Å²) in [5.41, 5.74) is 0. The van der Waals surface area contributed by atoms with Crippen LogP contribution < -0.4 is 5.32 Å². The van der Waals surface area contributed by atoms with Gasteiger partial charge in [0.25, 0.3) is 0 Å². The minimum atomic E-state index is 0.458. The predicted molar refractivity (Wildman–Crippen MR) is 72.5 cm³/mol. The number of hydrogen-bond donors (Lipinski definition) is 1. The second-order valence-electron chi connectivity index (χ2n) is 5.35. The summed E-state index contributed by atoms with van der Waals surface area (Å²) in [6, 6.07) is 1.24. The number of methoxy groups -OCH3 is 1. The molecule has 1 N–H and O–H groups in total. The van der Waals surface area contributed by atoms with Crippen LogP contribution >= 0.6 is 0 Å². The van der Waals surface area contributed by atoms with Crippen LogP contribution in [0.15, 0.2) is 0 Å². The Morgan fingerprint density at radius 2 is 2.00 bits per heavy atom. The average molecular weight is 243 g/mol. The molecule has 4 heteroatoms. The molecule has 0 radical (unpaired) electrons. The van der Waals surface area contributed by atoms with Gasteiger partial charge in [0, 0.05) is 32.3 Å². The van der Waals surface area contributed by atoms with E-state index in [2.05, 4.69) is 36.1 Å². The zero-order chi connectivity index (χ0) is 12.7. The third-order valence-electron chi connectivity index (χ3n) is 3.62. The maximum Gasteiger partial charge on any atom is 0.0613 e. The molecule has 0 spiro atoms. The molecule has 4 nitrogen and oxygen atoms in total. The summed E-state index contributed by atoms with van der Waals surface area (Å²) in [6.07, 6.45) is 2.61. The van der Waals surface area contributed by atoms with E-state index in [-0.39, 0.29) is 0 Å². The van der Waals surface area contributed by atoms with Crippen molar-refractivity contribution in [3.63, 3.8) is 0 Å². The van der Waals surface area contributed by atoms with Gasteiger partial charge in [-0.25, -0.2) is 0 Å². The number of nitrogens with one attached hydrogen (secondary N) is 1. The first kappa shape index (κ1) is 14.9. The Morgan fingerprint density at radius 3 is 2.53 bits per heavy atom. The van der Waals surface area contributed by atoms with Crippen LogP contribution in [0.3, 0.4) is 0 Å². The maximum atomic E-state index is 5.10. The van der Waals surface area contributed by atoms with E-state index >= 15 is 0 Å². The smallest absolute Gasteiger partial charge is 0.0613 e. The quantitative estimate of drug-likeness (QED) is 0.710. The van der Waals surface area contributed by atoms with Crippen molar-refractivity contribution >= 4 is 0 Å². The molecular formula is C13H29N3O. The van der Waals surface area contributed by atoms with E-state index in [9.17, 15) is 0 Å². The van der Waals surface area contributed by atoms with Gasteiger partial charge in [-0.2, -0.15) is 0 Å². The van der Waals surface area contributed by atoms with E-state index in [1.165, 1.54) is 25.9 Å². The van der Waals surface area contributed by atoms with Crippen LogP contribution in [0.25, 0.3) is 0 Å². The van der Waals surface area contributed by atoms with Crippen LogP contribution in [0, 0.1) is 0 Å². The summed E-state index contributed by atoms with van der Waals surface area (Å²) in [4.78, 5) is 4.92. The van der Waals surface area contributed by atoms with Crippen molar-refractivity contribution in [2.75, 3.05) is 54.0 Å². The lowest BCUT2D eigenvalue weighted by Gasteiger charge is -2.35. The lowest BCUT2D eigenvalue weighted by molar-refractivity contribution is 0.139. The van der Waals surface area contributed by atoms with Crippen LogP contribution in [0.1, 0.15) is 19.8 Å². The normalized spacial score (nSPS) is 21.0. The largest absolute Gasteiger partial charge is 0.383 e. The van der Waals surface area contributed by atoms with Crippen LogP contribution in [0.2, 0.25) is 0 Å². The number of rotatable bonds is 7. The highest BCUT2D eigenvalue weighted by Gasteiger charge is 2.19. The van der Waals surface area contributed by atoms with Gasteiger partial charge in [0.15, 0.2) is 0 Å². The van der Waals surface area contributed by atoms with Crippen LogP contribution in [0.5, 0.6) is 0 Å². The SMILES string of the molecule is COCC(C)NCCN1CCC(N(C)C)CC1. The number of piperidine rings is 1. The third kappa shape index (κ3) is 5.82. The molecule has 1 aliphatic heterocycles. The minimum Gasteiger partial charge on any atom is -0.383 e. The summed E-state index contributed by atoms with van der Waals surface area (Å²) in [7, 11) is 6.13. The molecule has 0 bridgehead atoms. The Bertz CT molecular complexity index is 191. The van der Waals surface area contributed by atoms with Gasteiger partial charge >= 0.3 is 0 Å². The standard InChI is InChI=1S/C13H29N3O/c1-12(11-17-4)14-7-10-16-8-5-13(6-9-16)15(2)3/h12-14H,5-11H2,1-4H3. The molecule has 0 aromatic rings. The molecule has 17 heavy (non-hydrogen) atoms. The zero-order valence-electron chi connectivity index (χ0n) is 11.9. The van der Waals surface area contributed by atoms with Crippen LogP contribution in [-0.2, 0) is 4.74 Å². The Morgan fingerprint density at radius 1 is 1.35 bits per heavy atom. The zero-order valence-corrected chi connectivity index (χ0v) is 11.9. The Balaban J connectivity index is 2.06. The molecule has 1 fully saturated rings. The van der Waals surface area contributed by atoms with Crippen LogP contribution in [-0.4, -0.2) is 75.9 Å². The fourth-order valence-corrected chi connectivity index (χ4v) is 2.44. The van der Waals surface area contributed by atoms with E-state index in [4.69, 9.17) is 4.74 Å². The summed E-state index contributed by atoms with van der Waals surface area (Å²) in [5, 5.41) is 3.49. The predicted octanol–water partition coefficient (Wildman–Crippen LogP) is 0.637. The van der Waals surface area contributed by atoms with E-state index in [0.29, 0.717) is 6.04 Å². The first-order valence-electron chi connectivity index (χ1n) is 6.74. The van der Waals surface area contributed by atoms with E-state index in [1.54, 1.807) is 7.11 Å². The van der Waals surface area contributed by atoms with Gasteiger partial charge in [0.1, 0.15) is 0 Å². The molecule has 1 rings (SSSR count). The minimum absolute atomic E-state index is 0.458. The van der Waals surface area contributed by atoms with Crippen molar-refractivity contribution in [1.29, 1.82) is 0 Å². The monoisotopic (exact) mass is 243 g/mol. The average Bonchev–Trinajstić information content (AvgIpc) is 2.30. The highest BCUT2D eigenvalue weighted by molar-refractivity contribution is 4.77. The molecule has 0 amide bonds. The van der Waals surface area contributed by atoms with E-state index in [1.807, 2.05) is 0 Å². The van der Waals surface area contributed by atoms with Crippen LogP contribution in [0.4, 0.5) is 0 Å². The van der Waals surface area contributed by atoms with Gasteiger partial charge in [-0.15, -0.1) is 0 Å². The highest BCUT2D eigenvalue weighted by atomic mass is 16.5. The van der Waals surface area contributed by atoms with Crippen molar-refractivity contribution in [2.24, 2.45) is 0 Å². The summed E-state index contributed by atoms with van der Waals surface area (Å²) in [6.45, 7) is 7.67. The Hall–Kier alpha value is -0.160. The molecule has 1 atom stereocenters. The van der Waals surface area contributed by atoms with E-state index in [0.717, 1.165) is 25.7 Å². The summed E-state index contributed by atoms with van der Waals surface area (Å²) < 4.78 is 5.10. The van der Waals surface area contributed by atoms with Gasteiger partial charge in [-0.05, 0) is 47.0 Å². The van der Waals surface area contributed by atoms with E-state index < -0.39 is 0 Å². The molecule has 1 aliphatic rings. The van der Waals surface area contributed by atoms with Gasteiger partial charge in [0.05, 0.1) is 6.61 Å². The van der Waals surface area contributed by atoms with Crippen molar-refractivity contribution in [3.05, 3.63) is 0 Å². The van der Waals surface area contributed by atoms with Gasteiger partial charge < -0.3 is 19.9 Å². The van der Waals surface area contributed by atoms with Crippen molar-refractivity contribution < 1.29 is 4.74 Å². The summed E-state index contributed by atoms with van der Waals surface area (Å²) in [5.74, 6) is 0. The lowest BCUT2D eigenvalue weighted by atomic mass is 10.0. The second-order valence-corrected chi connectivity index (χ2v) is 5.35. The molecule has 0 aromatic carbocycles. The highest BCUT2D eigenvalue weighted by Crippen LogP contribution is 2.13. The molecule has 1 heterocycles. The van der Waals surface area contributed by atoms with Crippen molar-refractivity contribution in [1.82, 2.24) is 15.1 Å². The number of hydrogen-bond acceptors (Lipinski definition) is 4. The first-order valence-corrected chi connectivity index (χ1v) is 6.74. The molecule has 0 aromatic heterocycles. The summed E-state index contributed by atoms with van der Waals surface area (Å²) >= 11 is 0. The Labute approximate surface area is 106 Å². The fraction of sp³-hybridized carbons (Fsp3) is 1.00. The lowest BCUT2D eigenvalue weighted by Crippen LogP contribution is -2.45. The molecular weight excluding hydrogens is 214 g/mol. The molecule has 102 valence electrons. The molecule has 1 unspecified atom stereocenters. The van der Waals surface area contributed by atoms with Gasteiger partial charge in [-0.3, -0.25) is 0 Å². The fourth-order valence-electron chi connectivity index (χ4n) is 2.44. The molecule has 0 aliphatic carbocycles. The third-order valence-corrected chi connectivity index (χ3v) is 3.62. The molecule has 1 saturated heterocycles. The van der Waals surface area contributed by atoms with Crippen molar-refractivity contribution in [2.45, 2.75) is 31.8 Å². The van der Waals surface area contributed by atoms with Gasteiger partial charge in [0.2, 0.25) is 0 Å². The molecule has 0 saturated carbocycles. The maximum absolute atomic E-state index is 5.10. The number of likely N-dealkylation sites (tertiary alicyclic amines) is 1. The topological polar surface area (TPSA) is 27.7 Å². The number of ether oxygens (including phenoxy) is 1.